The molecule has 0 radical (unpaired) electrons. The van der Waals surface area contributed by atoms with Crippen LogP contribution in [0.25, 0.3) is 0 Å². The zero-order valence-corrected chi connectivity index (χ0v) is 9.36. The van der Waals surface area contributed by atoms with Crippen LogP contribution in [0.2, 0.25) is 0 Å². The van der Waals surface area contributed by atoms with Gasteiger partial charge in [-0.2, -0.15) is 0 Å². The maximum atomic E-state index is 11.2. The number of hydrogen-bond donors (Lipinski definition) is 2. The number of Topliss-reactive ketones (excluding diaryl/α,β-unsaturated/α-hetero) is 1. The van der Waals surface area contributed by atoms with Crippen molar-refractivity contribution in [2.75, 3.05) is 0 Å². The first-order valence-electron chi connectivity index (χ1n) is 4.25. The fourth-order valence-electron chi connectivity index (χ4n) is 0.977. The number of benzene rings is 1. The van der Waals surface area contributed by atoms with E-state index in [1.54, 1.807) is 0 Å². The summed E-state index contributed by atoms with van der Waals surface area (Å²) in [6, 6.07) is 5.09. The molecule has 1 aromatic carbocycles. The van der Waals surface area contributed by atoms with Gasteiger partial charge in [0.05, 0.1) is 5.56 Å². The van der Waals surface area contributed by atoms with Crippen molar-refractivity contribution >= 4 is 27.7 Å². The fourth-order valence-corrected chi connectivity index (χ4v) is 1.20. The highest BCUT2D eigenvalue weighted by Crippen LogP contribution is 2.18. The fraction of sp³-hybridized carbons (Fsp3) is 0. The standard InChI is InChI=1S/C8H6N2O7S/c11-7(8(12)13)5-3-1-2-4-6(5)9-10-18(15,16)17-14/h1-4H,(H2,12,13,14). The van der Waals surface area contributed by atoms with E-state index < -0.39 is 22.0 Å². The molecular formula is C8H6N2O7S. The molecule has 1 unspecified atom stereocenters. The first kappa shape index (κ1) is 14.0. The van der Waals surface area contributed by atoms with Crippen LogP contribution >= 0.6 is 0 Å². The average molecular weight is 274 g/mol. The third-order valence-corrected chi connectivity index (χ3v) is 2.15. The number of carboxylic acid groups (broad SMARTS) is 1. The number of hydrogen-bond acceptors (Lipinski definition) is 6. The Hall–Kier alpha value is -2.10. The summed E-state index contributed by atoms with van der Waals surface area (Å²) in [6.07, 6.45) is 0. The van der Waals surface area contributed by atoms with Crippen LogP contribution in [0.15, 0.2) is 29.4 Å². The van der Waals surface area contributed by atoms with E-state index in [0.29, 0.717) is 0 Å². The van der Waals surface area contributed by atoms with Gasteiger partial charge in [0.1, 0.15) is 5.11 Å². The van der Waals surface area contributed by atoms with E-state index in [2.05, 4.69) is 13.6 Å². The molecule has 0 aromatic heterocycles. The summed E-state index contributed by atoms with van der Waals surface area (Å²) in [6.45, 7) is 0. The summed E-state index contributed by atoms with van der Waals surface area (Å²) < 4.78 is 24.9. The third kappa shape index (κ3) is 3.45. The molecule has 1 rings (SSSR count). The highest BCUT2D eigenvalue weighted by Gasteiger charge is 2.20. The van der Waals surface area contributed by atoms with Gasteiger partial charge in [-0.3, -0.25) is 9.13 Å². The maximum absolute atomic E-state index is 11.2. The lowest BCUT2D eigenvalue weighted by Gasteiger charge is -1.95. The molecule has 0 aliphatic heterocycles. The average Bonchev–Trinajstić information content (AvgIpc) is 2.36. The van der Waals surface area contributed by atoms with Gasteiger partial charge in [-0.1, -0.05) is 12.1 Å². The zero-order valence-electron chi connectivity index (χ0n) is 8.55. The Kier molecular flexibility index (Phi) is 4.26. The lowest BCUT2D eigenvalue weighted by Crippen LogP contribution is -2.15. The predicted molar refractivity (Wildman–Crippen MR) is 54.5 cm³/mol. The lowest BCUT2D eigenvalue weighted by atomic mass is 10.1. The second-order valence-electron chi connectivity index (χ2n) is 2.85. The molecule has 2 N–H and O–H groups in total. The van der Waals surface area contributed by atoms with Crippen LogP contribution in [0, 0.1) is 0 Å². The van der Waals surface area contributed by atoms with Crippen LogP contribution in [0.1, 0.15) is 10.4 Å². The quantitative estimate of drug-likeness (QED) is 0.183. The molecule has 0 saturated heterocycles. The Balaban J connectivity index is 3.37. The molecule has 18 heavy (non-hydrogen) atoms. The Morgan fingerprint density at radius 3 is 2.56 bits per heavy atom. The van der Waals surface area contributed by atoms with E-state index in [1.807, 2.05) is 0 Å². The van der Waals surface area contributed by atoms with Crippen LogP contribution in [-0.2, 0) is 19.4 Å². The van der Waals surface area contributed by atoms with Crippen LogP contribution in [0.3, 0.4) is 0 Å². The van der Waals surface area contributed by atoms with Gasteiger partial charge in [0.2, 0.25) is 0 Å². The molecule has 0 saturated carbocycles. The predicted octanol–water partition coefficient (Wildman–Crippen LogP) is -0.747. The highest BCUT2D eigenvalue weighted by atomic mass is 32.2. The van der Waals surface area contributed by atoms with Crippen LogP contribution < -0.4 is 9.42 Å². The van der Waals surface area contributed by atoms with Gasteiger partial charge in [-0.15, -0.1) is 4.21 Å². The first-order chi connectivity index (χ1) is 8.37. The number of nitrogens with zero attached hydrogens (tertiary/aromatic N) is 2. The van der Waals surface area contributed by atoms with Crippen LogP contribution in [0.5, 0.6) is 0 Å². The van der Waals surface area contributed by atoms with Gasteiger partial charge in [-0.05, 0) is 12.1 Å². The highest BCUT2D eigenvalue weighted by molar-refractivity contribution is 7.82. The van der Waals surface area contributed by atoms with Gasteiger partial charge in [0, 0.05) is 0 Å². The number of rotatable bonds is 4. The number of carboxylic acids is 1. The monoisotopic (exact) mass is 274 g/mol. The third-order valence-electron chi connectivity index (χ3n) is 1.68. The minimum Gasteiger partial charge on any atom is -0.702 e. The van der Waals surface area contributed by atoms with Crippen LogP contribution in [-0.4, -0.2) is 25.6 Å². The van der Waals surface area contributed by atoms with Crippen molar-refractivity contribution in [2.45, 2.75) is 0 Å². The molecule has 0 spiro atoms. The summed E-state index contributed by atoms with van der Waals surface area (Å²) in [5.74, 6) is -2.99. The summed E-state index contributed by atoms with van der Waals surface area (Å²) in [5, 5.41) is 21.4. The molecule has 9 nitrogen and oxygen atoms in total. The van der Waals surface area contributed by atoms with Crippen molar-refractivity contribution in [3.05, 3.63) is 29.8 Å². The number of aliphatic carboxylic acids is 1. The van der Waals surface area contributed by atoms with Crippen molar-refractivity contribution in [2.24, 2.45) is 5.11 Å². The van der Waals surface area contributed by atoms with Crippen molar-refractivity contribution in [1.29, 1.82) is 0 Å². The SMILES string of the molecule is O=C(O)C(=O)c1ccccc1N=[N+]=S(=O)(O)O[O-]. The molecule has 0 fully saturated rings. The van der Waals surface area contributed by atoms with E-state index in [0.717, 1.165) is 6.07 Å². The Morgan fingerprint density at radius 1 is 1.39 bits per heavy atom. The second kappa shape index (κ2) is 5.49. The van der Waals surface area contributed by atoms with Gasteiger partial charge < -0.3 is 10.4 Å². The van der Waals surface area contributed by atoms with Gasteiger partial charge >= 0.3 is 16.3 Å². The van der Waals surface area contributed by atoms with E-state index >= 15 is 0 Å². The maximum Gasteiger partial charge on any atom is 0.557 e. The molecule has 0 aliphatic rings. The summed E-state index contributed by atoms with van der Waals surface area (Å²) in [4.78, 5) is 21.7. The van der Waals surface area contributed by atoms with Gasteiger partial charge in [0.15, 0.2) is 9.85 Å². The number of carbonyl (C=O) groups is 2. The number of carbonyl (C=O) groups excluding carboxylic acids is 1. The van der Waals surface area contributed by atoms with E-state index in [-0.39, 0.29) is 11.3 Å². The molecule has 0 amide bonds. The molecular weight excluding hydrogens is 268 g/mol. The summed E-state index contributed by atoms with van der Waals surface area (Å²) in [5.41, 5.74) is -0.612. The van der Waals surface area contributed by atoms with Crippen molar-refractivity contribution in [1.82, 2.24) is 4.16 Å². The molecule has 1 aromatic rings. The smallest absolute Gasteiger partial charge is 0.557 e. The summed E-state index contributed by atoms with van der Waals surface area (Å²) in [7, 11) is -4.49. The Morgan fingerprint density at radius 2 is 2.00 bits per heavy atom. The topological polar surface area (TPSA) is 150 Å². The normalized spacial score (nSPS) is 13.2. The first-order valence-corrected chi connectivity index (χ1v) is 5.64. The van der Waals surface area contributed by atoms with Gasteiger partial charge in [-0.25, -0.2) is 9.35 Å². The molecule has 96 valence electrons. The molecule has 0 aliphatic carbocycles. The molecule has 1 atom stereocenters. The molecule has 0 heterocycles. The zero-order chi connectivity index (χ0) is 13.8. The second-order valence-corrected chi connectivity index (χ2v) is 4.04. The molecule has 0 bridgehead atoms. The largest absolute Gasteiger partial charge is 0.702 e. The van der Waals surface area contributed by atoms with Gasteiger partial charge in [0.25, 0.3) is 5.78 Å². The molecule has 10 heteroatoms. The Bertz CT molecular complexity index is 641. The van der Waals surface area contributed by atoms with E-state index in [9.17, 15) is 19.1 Å². The van der Waals surface area contributed by atoms with E-state index in [4.69, 9.17) is 9.66 Å². The number of ketones is 1. The van der Waals surface area contributed by atoms with Crippen LogP contribution in [0.4, 0.5) is 5.69 Å². The van der Waals surface area contributed by atoms with Crippen molar-refractivity contribution in [3.8, 4) is 0 Å². The van der Waals surface area contributed by atoms with E-state index in [1.165, 1.54) is 18.2 Å². The Labute approximate surface area is 101 Å². The minimum absolute atomic E-state index is 0.274. The lowest BCUT2D eigenvalue weighted by molar-refractivity contribution is -0.636. The summed E-state index contributed by atoms with van der Waals surface area (Å²) >= 11 is 0. The van der Waals surface area contributed by atoms with Crippen molar-refractivity contribution < 1.29 is 33.0 Å². The minimum atomic E-state index is -4.49. The van der Waals surface area contributed by atoms with Crippen molar-refractivity contribution in [3.63, 3.8) is 0 Å².